The molecule has 2 aromatic rings. The maximum atomic E-state index is 12.3. The third kappa shape index (κ3) is 7.26. The van der Waals surface area contributed by atoms with Crippen LogP contribution in [0.4, 0.5) is 17.6 Å². The fraction of sp³-hybridized carbons (Fsp3) is 0.188. The number of ether oxygens (including phenoxy) is 1. The highest BCUT2D eigenvalue weighted by atomic mass is 19.4. The number of benzene rings is 1. The Morgan fingerprint density at radius 3 is 2.15 bits per heavy atom. The number of hydrogen-bond donors (Lipinski definition) is 2. The van der Waals surface area contributed by atoms with E-state index in [2.05, 4.69) is 9.97 Å². The number of carboxylic acids is 1. The van der Waals surface area contributed by atoms with Crippen LogP contribution >= 0.6 is 0 Å². The first kappa shape index (κ1) is 21.0. The average molecular weight is 373 g/mol. The van der Waals surface area contributed by atoms with Crippen LogP contribution in [0.3, 0.4) is 0 Å². The molecule has 0 unspecified atom stereocenters. The molecule has 0 amide bonds. The Morgan fingerprint density at radius 2 is 1.73 bits per heavy atom. The van der Waals surface area contributed by atoms with Crippen LogP contribution in [0.5, 0.6) is 5.75 Å². The van der Waals surface area contributed by atoms with Crippen LogP contribution in [0.15, 0.2) is 54.6 Å². The lowest BCUT2D eigenvalue weighted by Gasteiger charge is -2.07. The number of aliphatic carboxylic acids is 1. The summed E-state index contributed by atoms with van der Waals surface area (Å²) >= 11 is 0. The summed E-state index contributed by atoms with van der Waals surface area (Å²) in [6.07, 6.45) is -1.23. The van der Waals surface area contributed by atoms with Crippen LogP contribution in [-0.4, -0.2) is 40.4 Å². The van der Waals surface area contributed by atoms with E-state index in [1.165, 1.54) is 0 Å². The molecule has 0 fully saturated rings. The first-order valence-electron chi connectivity index (χ1n) is 7.06. The van der Waals surface area contributed by atoms with Gasteiger partial charge in [0.15, 0.2) is 5.82 Å². The molecule has 0 aliphatic rings. The molecule has 26 heavy (non-hydrogen) atoms. The minimum absolute atomic E-state index is 0.145. The van der Waals surface area contributed by atoms with Gasteiger partial charge in [-0.1, -0.05) is 0 Å². The van der Waals surface area contributed by atoms with E-state index in [-0.39, 0.29) is 13.2 Å². The molecule has 1 aromatic carbocycles. The Labute approximate surface area is 146 Å². The minimum Gasteiger partial charge on any atom is -0.489 e. The molecule has 0 aliphatic heterocycles. The van der Waals surface area contributed by atoms with Crippen molar-refractivity contribution in [2.75, 3.05) is 13.2 Å². The molecular formula is C16H15F4N3O3. The quantitative estimate of drug-likeness (QED) is 0.782. The van der Waals surface area contributed by atoms with Crippen molar-refractivity contribution in [3.05, 3.63) is 54.6 Å². The zero-order valence-electron chi connectivity index (χ0n) is 13.3. The summed E-state index contributed by atoms with van der Waals surface area (Å²) in [6.45, 7) is 0.292. The molecule has 1 aromatic heterocycles. The van der Waals surface area contributed by atoms with Gasteiger partial charge in [0.25, 0.3) is 0 Å². The number of alkyl halides is 3. The predicted octanol–water partition coefficient (Wildman–Crippen LogP) is 2.97. The van der Waals surface area contributed by atoms with Gasteiger partial charge in [0, 0.05) is 30.1 Å². The van der Waals surface area contributed by atoms with E-state index >= 15 is 0 Å². The van der Waals surface area contributed by atoms with E-state index in [9.17, 15) is 17.6 Å². The van der Waals surface area contributed by atoms with E-state index in [0.29, 0.717) is 23.5 Å². The number of halogens is 4. The summed E-state index contributed by atoms with van der Waals surface area (Å²) in [5, 5.41) is 7.12. The van der Waals surface area contributed by atoms with Crippen molar-refractivity contribution >= 4 is 5.97 Å². The highest BCUT2D eigenvalue weighted by molar-refractivity contribution is 5.73. The molecule has 2 rings (SSSR count). The Balaban J connectivity index is 0.000000412. The molecule has 0 atom stereocenters. The van der Waals surface area contributed by atoms with E-state index < -0.39 is 12.1 Å². The normalized spacial score (nSPS) is 11.3. The van der Waals surface area contributed by atoms with Gasteiger partial charge < -0.3 is 15.6 Å². The Hall–Kier alpha value is -3.01. The standard InChI is InChI=1S/C14H14FN3O.C2HF3O2/c15-8-11(9-16)10-19-13-4-2-12(3-5-13)14-17-6-1-7-18-14;3-2(4,5)1(6)7/h1-8H,9-10,16H2;(H,6,7). The second-order valence-electron chi connectivity index (χ2n) is 4.66. The summed E-state index contributed by atoms with van der Waals surface area (Å²) in [5.41, 5.74) is 6.65. The topological polar surface area (TPSA) is 98.3 Å². The van der Waals surface area contributed by atoms with Crippen molar-refractivity contribution < 1.29 is 32.2 Å². The van der Waals surface area contributed by atoms with Gasteiger partial charge in [0.05, 0.1) is 6.33 Å². The molecule has 1 heterocycles. The number of carboxylic acid groups (broad SMARTS) is 1. The van der Waals surface area contributed by atoms with Gasteiger partial charge in [-0.15, -0.1) is 0 Å². The van der Waals surface area contributed by atoms with Gasteiger partial charge in [-0.3, -0.25) is 0 Å². The maximum absolute atomic E-state index is 12.3. The van der Waals surface area contributed by atoms with E-state index in [1.54, 1.807) is 30.6 Å². The number of carbonyl (C=O) groups is 1. The number of rotatable bonds is 5. The fourth-order valence-electron chi connectivity index (χ4n) is 1.46. The van der Waals surface area contributed by atoms with Gasteiger partial charge >= 0.3 is 12.1 Å². The van der Waals surface area contributed by atoms with Crippen LogP contribution in [0, 0.1) is 0 Å². The van der Waals surface area contributed by atoms with Crippen molar-refractivity contribution in [3.63, 3.8) is 0 Å². The van der Waals surface area contributed by atoms with Crippen molar-refractivity contribution in [1.82, 2.24) is 9.97 Å². The zero-order chi connectivity index (χ0) is 19.6. The summed E-state index contributed by atoms with van der Waals surface area (Å²) in [6, 6.07) is 9.05. The maximum Gasteiger partial charge on any atom is 0.490 e. The van der Waals surface area contributed by atoms with Gasteiger partial charge in [-0.2, -0.15) is 13.2 Å². The van der Waals surface area contributed by atoms with E-state index in [4.69, 9.17) is 20.4 Å². The lowest BCUT2D eigenvalue weighted by atomic mass is 10.2. The van der Waals surface area contributed by atoms with Crippen molar-refractivity contribution in [2.45, 2.75) is 6.18 Å². The predicted molar refractivity (Wildman–Crippen MR) is 84.9 cm³/mol. The summed E-state index contributed by atoms with van der Waals surface area (Å²) in [4.78, 5) is 17.2. The van der Waals surface area contributed by atoms with Gasteiger partial charge in [-0.25, -0.2) is 19.2 Å². The first-order chi connectivity index (χ1) is 12.3. The third-order valence-electron chi connectivity index (χ3n) is 2.76. The summed E-state index contributed by atoms with van der Waals surface area (Å²) < 4.78 is 49.5. The van der Waals surface area contributed by atoms with Crippen molar-refractivity contribution in [2.24, 2.45) is 5.73 Å². The van der Waals surface area contributed by atoms with Crippen LogP contribution in [-0.2, 0) is 4.79 Å². The van der Waals surface area contributed by atoms with E-state index in [0.717, 1.165) is 5.56 Å². The Bertz CT molecular complexity index is 720. The van der Waals surface area contributed by atoms with Gasteiger partial charge in [0.1, 0.15) is 12.4 Å². The van der Waals surface area contributed by atoms with E-state index in [1.807, 2.05) is 12.1 Å². The van der Waals surface area contributed by atoms with Crippen LogP contribution in [0.25, 0.3) is 11.4 Å². The van der Waals surface area contributed by atoms with Crippen molar-refractivity contribution in [1.29, 1.82) is 0 Å². The highest BCUT2D eigenvalue weighted by Gasteiger charge is 2.38. The number of aromatic nitrogens is 2. The Morgan fingerprint density at radius 1 is 1.19 bits per heavy atom. The molecule has 140 valence electrons. The molecule has 0 radical (unpaired) electrons. The SMILES string of the molecule is NCC(=CF)COc1ccc(-c2ncccn2)cc1.O=C(O)C(F)(F)F. The molecule has 0 spiro atoms. The lowest BCUT2D eigenvalue weighted by molar-refractivity contribution is -0.192. The summed E-state index contributed by atoms with van der Waals surface area (Å²) in [7, 11) is 0. The number of nitrogens with zero attached hydrogens (tertiary/aromatic N) is 2. The summed E-state index contributed by atoms with van der Waals surface area (Å²) in [5.74, 6) is -1.46. The smallest absolute Gasteiger partial charge is 0.489 e. The molecule has 0 saturated carbocycles. The Kier molecular flexibility index (Phi) is 8.16. The fourth-order valence-corrected chi connectivity index (χ4v) is 1.46. The molecule has 0 aliphatic carbocycles. The molecule has 10 heteroatoms. The molecule has 0 bridgehead atoms. The largest absolute Gasteiger partial charge is 0.490 e. The number of hydrogen-bond acceptors (Lipinski definition) is 5. The molecule has 3 N–H and O–H groups in total. The third-order valence-corrected chi connectivity index (χ3v) is 2.76. The first-order valence-corrected chi connectivity index (χ1v) is 7.06. The van der Waals surface area contributed by atoms with Crippen LogP contribution < -0.4 is 10.5 Å². The minimum atomic E-state index is -5.08. The van der Waals surface area contributed by atoms with Gasteiger partial charge in [-0.05, 0) is 30.3 Å². The average Bonchev–Trinajstić information content (AvgIpc) is 2.63. The van der Waals surface area contributed by atoms with Crippen molar-refractivity contribution in [3.8, 4) is 17.1 Å². The van der Waals surface area contributed by atoms with Crippen LogP contribution in [0.1, 0.15) is 0 Å². The molecular weight excluding hydrogens is 358 g/mol. The zero-order valence-corrected chi connectivity index (χ0v) is 13.3. The number of nitrogens with two attached hydrogens (primary N) is 1. The molecule has 0 saturated heterocycles. The second-order valence-corrected chi connectivity index (χ2v) is 4.66. The lowest BCUT2D eigenvalue weighted by Crippen LogP contribution is -2.21. The molecule has 6 nitrogen and oxygen atoms in total. The monoisotopic (exact) mass is 373 g/mol. The van der Waals surface area contributed by atoms with Crippen LogP contribution in [0.2, 0.25) is 0 Å². The highest BCUT2D eigenvalue weighted by Crippen LogP contribution is 2.19. The van der Waals surface area contributed by atoms with Gasteiger partial charge in [0.2, 0.25) is 0 Å². The second kappa shape index (κ2) is 10.1.